The minimum Gasteiger partial charge on any atom is -0.0622 e. The Morgan fingerprint density at radius 3 is 2.17 bits per heavy atom. The monoisotopic (exact) mass is 294 g/mol. The molecule has 0 fully saturated rings. The zero-order chi connectivity index (χ0) is 15.2. The first-order valence-electron chi connectivity index (χ1n) is 8.43. The van der Waals surface area contributed by atoms with Gasteiger partial charge in [-0.15, -0.1) is 0 Å². The van der Waals surface area contributed by atoms with Crippen LogP contribution in [-0.4, -0.2) is 0 Å². The lowest BCUT2D eigenvalue weighted by molar-refractivity contribution is 0.912. The van der Waals surface area contributed by atoms with Crippen LogP contribution >= 0.6 is 0 Å². The van der Waals surface area contributed by atoms with Crippen LogP contribution in [0, 0.1) is 0 Å². The molecule has 0 bridgehead atoms. The lowest BCUT2D eigenvalue weighted by Crippen LogP contribution is -1.89. The first-order chi connectivity index (χ1) is 11.4. The molecule has 0 atom stereocenters. The Morgan fingerprint density at radius 1 is 0.565 bits per heavy atom. The predicted molar refractivity (Wildman–Crippen MR) is 98.9 cm³/mol. The average Bonchev–Trinajstić information content (AvgIpc) is 3.05. The summed E-state index contributed by atoms with van der Waals surface area (Å²) < 4.78 is 0. The summed E-state index contributed by atoms with van der Waals surface area (Å²) >= 11 is 0. The third-order valence-corrected chi connectivity index (χ3v) is 5.14. The van der Waals surface area contributed by atoms with Gasteiger partial charge in [-0.2, -0.15) is 0 Å². The van der Waals surface area contributed by atoms with Gasteiger partial charge in [0.2, 0.25) is 0 Å². The smallest absolute Gasteiger partial charge is 0.00267 e. The Morgan fingerprint density at radius 2 is 1.30 bits per heavy atom. The van der Waals surface area contributed by atoms with Gasteiger partial charge >= 0.3 is 0 Å². The van der Waals surface area contributed by atoms with Crippen molar-refractivity contribution in [2.24, 2.45) is 0 Å². The van der Waals surface area contributed by atoms with E-state index in [2.05, 4.69) is 72.8 Å². The molecule has 0 N–H and O–H groups in total. The molecule has 0 aromatic heterocycles. The van der Waals surface area contributed by atoms with E-state index in [9.17, 15) is 0 Å². The molecule has 0 heteroatoms. The summed E-state index contributed by atoms with van der Waals surface area (Å²) in [6.45, 7) is 0. The first-order valence-corrected chi connectivity index (χ1v) is 8.43. The summed E-state index contributed by atoms with van der Waals surface area (Å²) in [7, 11) is 0. The van der Waals surface area contributed by atoms with Crippen LogP contribution in [0.4, 0.5) is 0 Å². The maximum absolute atomic E-state index is 2.45. The van der Waals surface area contributed by atoms with E-state index in [4.69, 9.17) is 0 Å². The highest BCUT2D eigenvalue weighted by molar-refractivity contribution is 6.13. The van der Waals surface area contributed by atoms with Gasteiger partial charge < -0.3 is 0 Å². The third kappa shape index (κ3) is 1.98. The molecule has 1 aliphatic carbocycles. The Hall–Kier alpha value is -2.60. The zero-order valence-corrected chi connectivity index (χ0v) is 13.0. The molecule has 0 radical (unpaired) electrons. The fourth-order valence-corrected chi connectivity index (χ4v) is 4.06. The molecule has 0 saturated heterocycles. The van der Waals surface area contributed by atoms with Gasteiger partial charge in [-0.25, -0.2) is 0 Å². The van der Waals surface area contributed by atoms with Crippen molar-refractivity contribution >= 4 is 21.5 Å². The zero-order valence-electron chi connectivity index (χ0n) is 13.0. The maximum Gasteiger partial charge on any atom is -0.00267 e. The van der Waals surface area contributed by atoms with E-state index in [0.29, 0.717) is 0 Å². The molecule has 5 rings (SSSR count). The molecule has 0 spiro atoms. The third-order valence-electron chi connectivity index (χ3n) is 5.14. The molecule has 0 unspecified atom stereocenters. The van der Waals surface area contributed by atoms with Crippen LogP contribution in [0.3, 0.4) is 0 Å². The fraction of sp³-hybridized carbons (Fsp3) is 0.130. The topological polar surface area (TPSA) is 0 Å². The first kappa shape index (κ1) is 12.9. The van der Waals surface area contributed by atoms with Crippen molar-refractivity contribution in [1.82, 2.24) is 0 Å². The van der Waals surface area contributed by atoms with Gasteiger partial charge in [-0.05, 0) is 69.1 Å². The minimum absolute atomic E-state index is 1.23. The Balaban J connectivity index is 1.97. The van der Waals surface area contributed by atoms with Gasteiger partial charge in [-0.1, -0.05) is 66.7 Å². The van der Waals surface area contributed by atoms with Crippen molar-refractivity contribution in [2.45, 2.75) is 19.3 Å². The largest absolute Gasteiger partial charge is 0.0622 e. The average molecular weight is 294 g/mol. The Labute approximate surface area is 136 Å². The van der Waals surface area contributed by atoms with Crippen molar-refractivity contribution in [3.05, 3.63) is 83.9 Å². The molecule has 0 nitrogen and oxygen atoms in total. The molecule has 1 aliphatic rings. The lowest BCUT2D eigenvalue weighted by Gasteiger charge is -2.14. The predicted octanol–water partition coefficient (Wildman–Crippen LogP) is 6.15. The molecular weight excluding hydrogens is 276 g/mol. The van der Waals surface area contributed by atoms with Crippen LogP contribution < -0.4 is 0 Å². The van der Waals surface area contributed by atoms with Crippen molar-refractivity contribution in [1.29, 1.82) is 0 Å². The van der Waals surface area contributed by atoms with Gasteiger partial charge in [0.05, 0.1) is 0 Å². The van der Waals surface area contributed by atoms with Crippen LogP contribution in [0.1, 0.15) is 17.5 Å². The highest BCUT2D eigenvalue weighted by Crippen LogP contribution is 2.38. The van der Waals surface area contributed by atoms with E-state index < -0.39 is 0 Å². The summed E-state index contributed by atoms with van der Waals surface area (Å²) in [5.74, 6) is 0. The molecule has 23 heavy (non-hydrogen) atoms. The number of fused-ring (bicyclic) bond motifs is 3. The van der Waals surface area contributed by atoms with E-state index in [0.717, 1.165) is 0 Å². The summed E-state index contributed by atoms with van der Waals surface area (Å²) in [5, 5.41) is 5.46. The van der Waals surface area contributed by atoms with Gasteiger partial charge in [-0.3, -0.25) is 0 Å². The molecule has 0 saturated carbocycles. The Kier molecular flexibility index (Phi) is 2.78. The fourth-order valence-electron chi connectivity index (χ4n) is 4.06. The molecule has 4 aromatic rings. The van der Waals surface area contributed by atoms with Crippen LogP contribution in [-0.2, 0) is 12.8 Å². The number of hydrogen-bond donors (Lipinski definition) is 0. The number of benzene rings is 4. The van der Waals surface area contributed by atoms with Gasteiger partial charge in [0.25, 0.3) is 0 Å². The quantitative estimate of drug-likeness (QED) is 0.369. The Bertz CT molecular complexity index is 1030. The molecule has 0 aliphatic heterocycles. The summed E-state index contributed by atoms with van der Waals surface area (Å²) in [5.41, 5.74) is 5.79. The highest BCUT2D eigenvalue weighted by atomic mass is 14.2. The van der Waals surface area contributed by atoms with E-state index in [1.807, 2.05) is 0 Å². The van der Waals surface area contributed by atoms with Gasteiger partial charge in [0.1, 0.15) is 0 Å². The molecule has 0 amide bonds. The van der Waals surface area contributed by atoms with Gasteiger partial charge in [0.15, 0.2) is 0 Å². The summed E-state index contributed by atoms with van der Waals surface area (Å²) in [6.07, 6.45) is 3.76. The number of rotatable bonds is 1. The van der Waals surface area contributed by atoms with Crippen LogP contribution in [0.2, 0.25) is 0 Å². The number of aryl methyl sites for hydroxylation is 2. The van der Waals surface area contributed by atoms with E-state index in [1.54, 1.807) is 11.1 Å². The van der Waals surface area contributed by atoms with Crippen molar-refractivity contribution in [2.75, 3.05) is 0 Å². The SMILES string of the molecule is c1ccc(-c2c3ccccc3cc3cc4c(cc23)CCC4)cc1. The van der Waals surface area contributed by atoms with E-state index >= 15 is 0 Å². The van der Waals surface area contributed by atoms with Crippen molar-refractivity contribution < 1.29 is 0 Å². The minimum atomic E-state index is 1.23. The maximum atomic E-state index is 2.45. The van der Waals surface area contributed by atoms with Crippen LogP contribution in [0.5, 0.6) is 0 Å². The van der Waals surface area contributed by atoms with Crippen molar-refractivity contribution in [3.8, 4) is 11.1 Å². The normalized spacial score (nSPS) is 13.6. The molecule has 4 aromatic carbocycles. The van der Waals surface area contributed by atoms with Gasteiger partial charge in [0, 0.05) is 0 Å². The standard InChI is InChI=1S/C23H18/c1-2-7-16(8-3-1)23-21-12-5-4-9-19(21)14-20-13-17-10-6-11-18(17)15-22(20)23/h1-5,7-9,12-15H,6,10-11H2. The highest BCUT2D eigenvalue weighted by Gasteiger charge is 2.15. The second-order valence-corrected chi connectivity index (χ2v) is 6.53. The molecule has 110 valence electrons. The summed E-state index contributed by atoms with van der Waals surface area (Å²) in [6, 6.07) is 26.8. The second kappa shape index (κ2) is 4.96. The van der Waals surface area contributed by atoms with Crippen LogP contribution in [0.15, 0.2) is 72.8 Å². The second-order valence-electron chi connectivity index (χ2n) is 6.53. The van der Waals surface area contributed by atoms with Crippen LogP contribution in [0.25, 0.3) is 32.7 Å². The van der Waals surface area contributed by atoms with Crippen molar-refractivity contribution in [3.63, 3.8) is 0 Å². The number of hydrogen-bond acceptors (Lipinski definition) is 0. The van der Waals surface area contributed by atoms with E-state index in [-0.39, 0.29) is 0 Å². The molecular formula is C23H18. The molecule has 0 heterocycles. The van der Waals surface area contributed by atoms with E-state index in [1.165, 1.54) is 51.9 Å². The lowest BCUT2D eigenvalue weighted by atomic mass is 9.90. The summed E-state index contributed by atoms with van der Waals surface area (Å²) in [4.78, 5) is 0.